The van der Waals surface area contributed by atoms with Crippen molar-refractivity contribution in [3.8, 4) is 0 Å². The molecule has 0 amide bonds. The highest BCUT2D eigenvalue weighted by Gasteiger charge is 2.29. The summed E-state index contributed by atoms with van der Waals surface area (Å²) < 4.78 is 5.19. The van der Waals surface area contributed by atoms with E-state index in [0.29, 0.717) is 29.3 Å². The van der Waals surface area contributed by atoms with Crippen LogP contribution in [0.5, 0.6) is 0 Å². The fourth-order valence-corrected chi connectivity index (χ4v) is 1.71. The molecule has 2 aromatic rings. The zero-order chi connectivity index (χ0) is 12.5. The van der Waals surface area contributed by atoms with Crippen molar-refractivity contribution < 1.29 is 4.52 Å². The Labute approximate surface area is 109 Å². The van der Waals surface area contributed by atoms with Crippen molar-refractivity contribution in [1.82, 2.24) is 20.1 Å². The lowest BCUT2D eigenvalue weighted by Crippen LogP contribution is -2.19. The summed E-state index contributed by atoms with van der Waals surface area (Å²) in [6.45, 7) is 0.512. The zero-order valence-electron chi connectivity index (χ0n) is 9.88. The van der Waals surface area contributed by atoms with Crippen LogP contribution in [-0.2, 0) is 6.54 Å². The van der Waals surface area contributed by atoms with E-state index in [9.17, 15) is 0 Å². The van der Waals surface area contributed by atoms with Gasteiger partial charge in [0.15, 0.2) is 5.82 Å². The number of rotatable bonds is 4. The molecule has 0 radical (unpaired) electrons. The lowest BCUT2D eigenvalue weighted by atomic mass is 10.4. The minimum Gasteiger partial charge on any atom is -0.339 e. The normalized spacial score (nSPS) is 14.8. The van der Waals surface area contributed by atoms with Crippen LogP contribution in [0.3, 0.4) is 0 Å². The summed E-state index contributed by atoms with van der Waals surface area (Å²) in [4.78, 5) is 14.4. The number of nitrogens with zero attached hydrogens (tertiary/aromatic N) is 5. The molecule has 0 bridgehead atoms. The van der Waals surface area contributed by atoms with Gasteiger partial charge in [-0.25, -0.2) is 9.97 Å². The van der Waals surface area contributed by atoms with Crippen molar-refractivity contribution in [2.45, 2.75) is 25.3 Å². The molecule has 7 heteroatoms. The van der Waals surface area contributed by atoms with Gasteiger partial charge in [0.2, 0.25) is 11.8 Å². The summed E-state index contributed by atoms with van der Waals surface area (Å²) in [5.41, 5.74) is 0. The van der Waals surface area contributed by atoms with Gasteiger partial charge < -0.3 is 9.42 Å². The van der Waals surface area contributed by atoms with Crippen LogP contribution in [0.2, 0.25) is 5.02 Å². The smallest absolute Gasteiger partial charge is 0.229 e. The van der Waals surface area contributed by atoms with E-state index >= 15 is 0 Å². The van der Waals surface area contributed by atoms with E-state index in [1.807, 2.05) is 11.9 Å². The van der Waals surface area contributed by atoms with E-state index in [1.165, 1.54) is 0 Å². The SMILES string of the molecule is CN(Cc1noc(C2CC2)n1)c1ncc(Cl)cn1. The first-order valence-electron chi connectivity index (χ1n) is 5.73. The third-order valence-corrected chi connectivity index (χ3v) is 2.93. The molecule has 1 aliphatic carbocycles. The van der Waals surface area contributed by atoms with Crippen LogP contribution in [0.25, 0.3) is 0 Å². The lowest BCUT2D eigenvalue weighted by molar-refractivity contribution is 0.374. The molecule has 0 unspecified atom stereocenters. The molecule has 1 fully saturated rings. The Morgan fingerprint density at radius 3 is 2.78 bits per heavy atom. The number of aromatic nitrogens is 4. The summed E-state index contributed by atoms with van der Waals surface area (Å²) >= 11 is 5.74. The summed E-state index contributed by atoms with van der Waals surface area (Å²) in [5, 5.41) is 4.47. The second-order valence-electron chi connectivity index (χ2n) is 4.38. The second kappa shape index (κ2) is 4.53. The van der Waals surface area contributed by atoms with Gasteiger partial charge in [-0.2, -0.15) is 4.98 Å². The molecule has 0 saturated heterocycles. The Morgan fingerprint density at radius 2 is 2.11 bits per heavy atom. The van der Waals surface area contributed by atoms with Gasteiger partial charge in [-0.05, 0) is 12.8 Å². The van der Waals surface area contributed by atoms with Gasteiger partial charge in [-0.1, -0.05) is 16.8 Å². The van der Waals surface area contributed by atoms with Gasteiger partial charge in [0.05, 0.1) is 24.0 Å². The average Bonchev–Trinajstić information content (AvgIpc) is 3.11. The third kappa shape index (κ3) is 2.43. The first kappa shape index (κ1) is 11.4. The maximum atomic E-state index is 5.74. The second-order valence-corrected chi connectivity index (χ2v) is 4.82. The van der Waals surface area contributed by atoms with Crippen molar-refractivity contribution >= 4 is 17.5 Å². The summed E-state index contributed by atoms with van der Waals surface area (Å²) in [6, 6.07) is 0. The van der Waals surface area contributed by atoms with E-state index in [1.54, 1.807) is 12.4 Å². The van der Waals surface area contributed by atoms with E-state index in [0.717, 1.165) is 18.7 Å². The molecule has 6 nitrogen and oxygen atoms in total. The van der Waals surface area contributed by atoms with Crippen molar-refractivity contribution in [2.24, 2.45) is 0 Å². The van der Waals surface area contributed by atoms with Crippen LogP contribution >= 0.6 is 11.6 Å². The summed E-state index contributed by atoms with van der Waals surface area (Å²) in [7, 11) is 1.87. The number of halogens is 1. The Balaban J connectivity index is 1.68. The fraction of sp³-hybridized carbons (Fsp3) is 0.455. The van der Waals surface area contributed by atoms with Crippen LogP contribution in [0, 0.1) is 0 Å². The van der Waals surface area contributed by atoms with Gasteiger partial charge in [-0.15, -0.1) is 0 Å². The Morgan fingerprint density at radius 1 is 1.39 bits per heavy atom. The highest BCUT2D eigenvalue weighted by Crippen LogP contribution is 2.38. The number of hydrogen-bond donors (Lipinski definition) is 0. The van der Waals surface area contributed by atoms with Gasteiger partial charge in [0.1, 0.15) is 0 Å². The molecular weight excluding hydrogens is 254 g/mol. The van der Waals surface area contributed by atoms with E-state index in [2.05, 4.69) is 20.1 Å². The van der Waals surface area contributed by atoms with Gasteiger partial charge in [-0.3, -0.25) is 0 Å². The van der Waals surface area contributed by atoms with Crippen molar-refractivity contribution in [3.05, 3.63) is 29.1 Å². The minimum absolute atomic E-state index is 0.475. The molecule has 94 valence electrons. The first-order valence-corrected chi connectivity index (χ1v) is 6.11. The van der Waals surface area contributed by atoms with Gasteiger partial charge in [0, 0.05) is 13.0 Å². The summed E-state index contributed by atoms with van der Waals surface area (Å²) in [6.07, 6.45) is 5.42. The van der Waals surface area contributed by atoms with Crippen molar-refractivity contribution in [3.63, 3.8) is 0 Å². The largest absolute Gasteiger partial charge is 0.339 e. The van der Waals surface area contributed by atoms with Crippen LogP contribution < -0.4 is 4.90 Å². The van der Waals surface area contributed by atoms with Crippen molar-refractivity contribution in [1.29, 1.82) is 0 Å². The quantitative estimate of drug-likeness (QED) is 0.843. The molecule has 1 saturated carbocycles. The lowest BCUT2D eigenvalue weighted by Gasteiger charge is -2.13. The molecular formula is C11H12ClN5O. The van der Waals surface area contributed by atoms with Crippen LogP contribution in [-0.4, -0.2) is 27.2 Å². The molecule has 0 aromatic carbocycles. The Kier molecular flexibility index (Phi) is 2.87. The molecule has 1 aliphatic rings. The van der Waals surface area contributed by atoms with Crippen LogP contribution in [0.15, 0.2) is 16.9 Å². The predicted molar refractivity (Wildman–Crippen MR) is 65.4 cm³/mol. The van der Waals surface area contributed by atoms with E-state index in [-0.39, 0.29) is 0 Å². The van der Waals surface area contributed by atoms with Crippen LogP contribution in [0.1, 0.15) is 30.5 Å². The molecule has 0 atom stereocenters. The van der Waals surface area contributed by atoms with Crippen LogP contribution in [0.4, 0.5) is 5.95 Å². The average molecular weight is 266 g/mol. The molecule has 0 spiro atoms. The summed E-state index contributed by atoms with van der Waals surface area (Å²) in [5.74, 6) is 2.45. The van der Waals surface area contributed by atoms with Gasteiger partial charge in [0.25, 0.3) is 0 Å². The standard InChI is InChI=1S/C11H12ClN5O/c1-17(11-13-4-8(12)5-14-11)6-9-15-10(18-16-9)7-2-3-7/h4-5,7H,2-3,6H2,1H3. The topological polar surface area (TPSA) is 67.9 Å². The molecule has 3 rings (SSSR count). The predicted octanol–water partition coefficient (Wildman–Crippen LogP) is 2.03. The molecule has 0 aliphatic heterocycles. The molecule has 0 N–H and O–H groups in total. The third-order valence-electron chi connectivity index (χ3n) is 2.74. The number of anilines is 1. The van der Waals surface area contributed by atoms with Crippen molar-refractivity contribution in [2.75, 3.05) is 11.9 Å². The maximum Gasteiger partial charge on any atom is 0.229 e. The Bertz CT molecular complexity index is 537. The fourth-order valence-electron chi connectivity index (χ4n) is 1.61. The first-order chi connectivity index (χ1) is 8.72. The molecule has 18 heavy (non-hydrogen) atoms. The number of hydrogen-bond acceptors (Lipinski definition) is 6. The monoisotopic (exact) mass is 265 g/mol. The zero-order valence-corrected chi connectivity index (χ0v) is 10.6. The van der Waals surface area contributed by atoms with Gasteiger partial charge >= 0.3 is 0 Å². The highest BCUT2D eigenvalue weighted by atomic mass is 35.5. The molecule has 2 heterocycles. The molecule has 2 aromatic heterocycles. The van der Waals surface area contributed by atoms with E-state index < -0.39 is 0 Å². The highest BCUT2D eigenvalue weighted by molar-refractivity contribution is 6.30. The van der Waals surface area contributed by atoms with E-state index in [4.69, 9.17) is 16.1 Å². The maximum absolute atomic E-state index is 5.74. The minimum atomic E-state index is 0.475. The Hall–Kier alpha value is -1.69.